The zero-order valence-electron chi connectivity index (χ0n) is 14.3. The molecule has 0 saturated heterocycles. The number of nitrogens with one attached hydrogen (secondary N) is 1. The minimum Gasteiger partial charge on any atom is -0.496 e. The van der Waals surface area contributed by atoms with Crippen molar-refractivity contribution in [1.29, 1.82) is 0 Å². The first kappa shape index (κ1) is 19.8. The van der Waals surface area contributed by atoms with Crippen molar-refractivity contribution in [3.8, 4) is 5.75 Å². The third-order valence-electron chi connectivity index (χ3n) is 3.67. The molecule has 0 aliphatic heterocycles. The highest BCUT2D eigenvalue weighted by molar-refractivity contribution is 7.99. The van der Waals surface area contributed by atoms with Gasteiger partial charge < -0.3 is 15.2 Å². The van der Waals surface area contributed by atoms with Crippen LogP contribution in [0.1, 0.15) is 22.3 Å². The van der Waals surface area contributed by atoms with Crippen LogP contribution in [-0.4, -0.2) is 36.4 Å². The molecule has 0 saturated carbocycles. The molecular weight excluding hydrogens is 357 g/mol. The number of hydrogen-bond acceptors (Lipinski definition) is 4. The Labute approximate surface area is 155 Å². The zero-order valence-corrected chi connectivity index (χ0v) is 15.1. The quantitative estimate of drug-likeness (QED) is 0.656. The van der Waals surface area contributed by atoms with Gasteiger partial charge in [0.05, 0.1) is 12.7 Å². The van der Waals surface area contributed by atoms with Crippen molar-refractivity contribution < 1.29 is 23.8 Å². The maximum absolute atomic E-state index is 13.5. The van der Waals surface area contributed by atoms with Gasteiger partial charge in [-0.25, -0.2) is 9.18 Å². The SMILES string of the molecule is COc1cc(C(=O)O)ccc1CCNC(=O)CCSc1ccccc1F. The lowest BCUT2D eigenvalue weighted by molar-refractivity contribution is -0.120. The topological polar surface area (TPSA) is 75.6 Å². The molecule has 0 heterocycles. The lowest BCUT2D eigenvalue weighted by atomic mass is 10.1. The normalized spacial score (nSPS) is 10.4. The Bertz CT molecular complexity index is 782. The Balaban J connectivity index is 1.76. The number of rotatable bonds is 9. The highest BCUT2D eigenvalue weighted by Gasteiger charge is 2.10. The Kier molecular flexibility index (Phi) is 7.47. The largest absolute Gasteiger partial charge is 0.496 e. The number of thioether (sulfide) groups is 1. The van der Waals surface area contributed by atoms with Crippen LogP contribution in [0, 0.1) is 5.82 Å². The maximum atomic E-state index is 13.5. The summed E-state index contributed by atoms with van der Waals surface area (Å²) < 4.78 is 18.7. The van der Waals surface area contributed by atoms with E-state index in [1.54, 1.807) is 24.3 Å². The molecule has 0 spiro atoms. The second-order valence-electron chi connectivity index (χ2n) is 5.46. The Hall–Kier alpha value is -2.54. The van der Waals surface area contributed by atoms with E-state index in [1.165, 1.54) is 37.1 Å². The van der Waals surface area contributed by atoms with Crippen molar-refractivity contribution in [2.75, 3.05) is 19.4 Å². The molecule has 1 amide bonds. The van der Waals surface area contributed by atoms with E-state index in [1.807, 2.05) is 0 Å². The number of ether oxygens (including phenoxy) is 1. The van der Waals surface area contributed by atoms with Gasteiger partial charge in [0.1, 0.15) is 11.6 Å². The molecule has 138 valence electrons. The monoisotopic (exact) mass is 377 g/mol. The second-order valence-corrected chi connectivity index (χ2v) is 6.60. The second kappa shape index (κ2) is 9.82. The summed E-state index contributed by atoms with van der Waals surface area (Å²) in [4.78, 5) is 23.4. The molecule has 0 unspecified atom stereocenters. The highest BCUT2D eigenvalue weighted by atomic mass is 32.2. The number of amides is 1. The zero-order chi connectivity index (χ0) is 18.9. The minimum atomic E-state index is -1.02. The van der Waals surface area contributed by atoms with Gasteiger partial charge in [0.25, 0.3) is 0 Å². The van der Waals surface area contributed by atoms with Crippen LogP contribution < -0.4 is 10.1 Å². The fourth-order valence-electron chi connectivity index (χ4n) is 2.32. The highest BCUT2D eigenvalue weighted by Crippen LogP contribution is 2.22. The summed E-state index contributed by atoms with van der Waals surface area (Å²) in [6, 6.07) is 11.1. The molecule has 7 heteroatoms. The minimum absolute atomic E-state index is 0.116. The number of benzene rings is 2. The van der Waals surface area contributed by atoms with Crippen LogP contribution in [0.5, 0.6) is 5.75 Å². The first-order valence-corrected chi connectivity index (χ1v) is 9.04. The van der Waals surface area contributed by atoms with Crippen molar-refractivity contribution in [1.82, 2.24) is 5.32 Å². The molecule has 0 fully saturated rings. The van der Waals surface area contributed by atoms with Gasteiger partial charge in [0.15, 0.2) is 0 Å². The summed E-state index contributed by atoms with van der Waals surface area (Å²) in [6.07, 6.45) is 0.809. The van der Waals surface area contributed by atoms with Gasteiger partial charge in [-0.05, 0) is 36.2 Å². The molecule has 26 heavy (non-hydrogen) atoms. The van der Waals surface area contributed by atoms with Crippen LogP contribution >= 0.6 is 11.8 Å². The number of carbonyl (C=O) groups is 2. The molecule has 0 bridgehead atoms. The summed E-state index contributed by atoms with van der Waals surface area (Å²) >= 11 is 1.30. The van der Waals surface area contributed by atoms with Gasteiger partial charge in [0, 0.05) is 23.6 Å². The number of aromatic carboxylic acids is 1. The molecular formula is C19H20FNO4S. The lowest BCUT2D eigenvalue weighted by Crippen LogP contribution is -2.26. The molecule has 2 rings (SSSR count). The van der Waals surface area contributed by atoms with Gasteiger partial charge in [-0.3, -0.25) is 4.79 Å². The van der Waals surface area contributed by atoms with E-state index < -0.39 is 5.97 Å². The lowest BCUT2D eigenvalue weighted by Gasteiger charge is -2.10. The summed E-state index contributed by atoms with van der Waals surface area (Å²) in [7, 11) is 1.48. The van der Waals surface area contributed by atoms with Crippen LogP contribution in [0.4, 0.5) is 4.39 Å². The van der Waals surface area contributed by atoms with E-state index in [2.05, 4.69) is 5.32 Å². The number of carboxylic acid groups (broad SMARTS) is 1. The number of carboxylic acids is 1. The number of methoxy groups -OCH3 is 1. The molecule has 0 aliphatic carbocycles. The van der Waals surface area contributed by atoms with Gasteiger partial charge >= 0.3 is 5.97 Å². The predicted molar refractivity (Wildman–Crippen MR) is 98.4 cm³/mol. The fourth-order valence-corrected chi connectivity index (χ4v) is 3.21. The van der Waals surface area contributed by atoms with E-state index in [9.17, 15) is 14.0 Å². The Morgan fingerprint density at radius 3 is 2.69 bits per heavy atom. The Morgan fingerprint density at radius 1 is 1.23 bits per heavy atom. The summed E-state index contributed by atoms with van der Waals surface area (Å²) in [5.74, 6) is -0.446. The van der Waals surface area contributed by atoms with E-state index in [-0.39, 0.29) is 23.7 Å². The fraction of sp³-hybridized carbons (Fsp3) is 0.263. The van der Waals surface area contributed by atoms with Crippen molar-refractivity contribution in [3.63, 3.8) is 0 Å². The molecule has 2 aromatic rings. The van der Waals surface area contributed by atoms with Crippen LogP contribution in [0.15, 0.2) is 47.4 Å². The number of hydrogen-bond donors (Lipinski definition) is 2. The molecule has 0 aromatic heterocycles. The molecule has 5 nitrogen and oxygen atoms in total. The summed E-state index contributed by atoms with van der Waals surface area (Å²) in [5, 5.41) is 11.8. The molecule has 2 aromatic carbocycles. The average molecular weight is 377 g/mol. The molecule has 0 radical (unpaired) electrons. The van der Waals surface area contributed by atoms with Crippen LogP contribution in [-0.2, 0) is 11.2 Å². The van der Waals surface area contributed by atoms with Crippen molar-refractivity contribution in [3.05, 3.63) is 59.4 Å². The van der Waals surface area contributed by atoms with Crippen LogP contribution in [0.25, 0.3) is 0 Å². The van der Waals surface area contributed by atoms with E-state index in [0.717, 1.165) is 5.56 Å². The van der Waals surface area contributed by atoms with Gasteiger partial charge in [-0.15, -0.1) is 11.8 Å². The number of carbonyl (C=O) groups excluding carboxylic acids is 1. The maximum Gasteiger partial charge on any atom is 0.335 e. The van der Waals surface area contributed by atoms with Gasteiger partial charge in [0.2, 0.25) is 5.91 Å². The van der Waals surface area contributed by atoms with E-state index in [0.29, 0.717) is 29.4 Å². The van der Waals surface area contributed by atoms with Crippen LogP contribution in [0.3, 0.4) is 0 Å². The third-order valence-corrected chi connectivity index (χ3v) is 4.72. The summed E-state index contributed by atoms with van der Waals surface area (Å²) in [5.41, 5.74) is 0.971. The third kappa shape index (κ3) is 5.77. The molecule has 0 aliphatic rings. The Morgan fingerprint density at radius 2 is 2.00 bits per heavy atom. The number of halogens is 1. The van der Waals surface area contributed by atoms with Crippen molar-refractivity contribution in [2.24, 2.45) is 0 Å². The standard InChI is InChI=1S/C19H20FNO4S/c1-25-16-12-14(19(23)24)7-6-13(16)8-10-21-18(22)9-11-26-17-5-3-2-4-15(17)20/h2-7,12H,8-11H2,1H3,(H,21,22)(H,23,24). The van der Waals surface area contributed by atoms with Crippen molar-refractivity contribution in [2.45, 2.75) is 17.7 Å². The van der Waals surface area contributed by atoms with Gasteiger partial charge in [-0.2, -0.15) is 0 Å². The molecule has 0 atom stereocenters. The molecule has 2 N–H and O–H groups in total. The van der Waals surface area contributed by atoms with Crippen LogP contribution in [0.2, 0.25) is 0 Å². The smallest absolute Gasteiger partial charge is 0.335 e. The van der Waals surface area contributed by atoms with Gasteiger partial charge in [-0.1, -0.05) is 18.2 Å². The van der Waals surface area contributed by atoms with E-state index >= 15 is 0 Å². The average Bonchev–Trinajstić information content (AvgIpc) is 2.63. The summed E-state index contributed by atoms with van der Waals surface area (Å²) in [6.45, 7) is 0.409. The van der Waals surface area contributed by atoms with Crippen molar-refractivity contribution >= 4 is 23.6 Å². The first-order chi connectivity index (χ1) is 12.5. The first-order valence-electron chi connectivity index (χ1n) is 8.05. The predicted octanol–water partition coefficient (Wildman–Crippen LogP) is 3.37. The van der Waals surface area contributed by atoms with E-state index in [4.69, 9.17) is 9.84 Å².